The van der Waals surface area contributed by atoms with Crippen molar-refractivity contribution in [2.75, 3.05) is 23.5 Å². The summed E-state index contributed by atoms with van der Waals surface area (Å²) >= 11 is 1.00. The Kier molecular flexibility index (Phi) is 7.32. The molecule has 1 atom stereocenters. The van der Waals surface area contributed by atoms with E-state index >= 15 is 0 Å². The summed E-state index contributed by atoms with van der Waals surface area (Å²) in [6, 6.07) is 8.27. The van der Waals surface area contributed by atoms with Crippen molar-refractivity contribution < 1.29 is 25.8 Å². The molecule has 1 unspecified atom stereocenters. The van der Waals surface area contributed by atoms with Crippen molar-refractivity contribution >= 4 is 76.0 Å². The van der Waals surface area contributed by atoms with Gasteiger partial charge in [0.15, 0.2) is 14.1 Å². The van der Waals surface area contributed by atoms with Crippen molar-refractivity contribution in [3.63, 3.8) is 0 Å². The number of sulfone groups is 1. The van der Waals surface area contributed by atoms with Gasteiger partial charge in [-0.3, -0.25) is 4.72 Å². The number of anilines is 1. The second-order valence-corrected chi connectivity index (χ2v) is 14.3. The second kappa shape index (κ2) is 9.35. The highest BCUT2D eigenvalue weighted by Gasteiger charge is 2.25. The van der Waals surface area contributed by atoms with E-state index in [-0.39, 0.29) is 14.8 Å². The van der Waals surface area contributed by atoms with Gasteiger partial charge in [-0.1, -0.05) is 17.8 Å². The van der Waals surface area contributed by atoms with E-state index in [0.717, 1.165) is 17.6 Å². The summed E-state index contributed by atoms with van der Waals surface area (Å²) in [5.41, 5.74) is 0.755. The van der Waals surface area contributed by atoms with Gasteiger partial charge in [-0.2, -0.15) is 0 Å². The van der Waals surface area contributed by atoms with Crippen molar-refractivity contribution in [1.82, 2.24) is 0 Å². The van der Waals surface area contributed by atoms with Crippen LogP contribution in [0.1, 0.15) is 11.1 Å². The minimum Gasteiger partial charge on any atom is -0.611 e. The average molecular weight is 534 g/mol. The van der Waals surface area contributed by atoms with Gasteiger partial charge < -0.3 is 4.55 Å². The predicted octanol–water partition coefficient (Wildman–Crippen LogP) is 4.59. The Morgan fingerprint density at radius 3 is 2.47 bits per heavy atom. The zero-order valence-corrected chi connectivity index (χ0v) is 21.6. The molecule has 0 bridgehead atoms. The van der Waals surface area contributed by atoms with E-state index in [2.05, 4.69) is 4.72 Å². The van der Waals surface area contributed by atoms with Crippen LogP contribution in [0.25, 0.3) is 16.2 Å². The Morgan fingerprint density at radius 1 is 1.19 bits per heavy atom. The lowest BCUT2D eigenvalue weighted by atomic mass is 10.2. The number of thiophene rings is 1. The Morgan fingerprint density at radius 2 is 1.88 bits per heavy atom. The van der Waals surface area contributed by atoms with E-state index in [9.17, 15) is 25.8 Å². The Bertz CT molecular complexity index is 1430. The average Bonchev–Trinajstić information content (AvgIpc) is 3.02. The molecule has 3 aromatic rings. The molecular formula is C20H20FNO5S5. The fourth-order valence-electron chi connectivity index (χ4n) is 3.03. The van der Waals surface area contributed by atoms with Crippen molar-refractivity contribution in [2.45, 2.75) is 16.0 Å². The molecule has 1 N–H and O–H groups in total. The maximum atomic E-state index is 13.6. The molecule has 0 spiro atoms. The number of thioether (sulfide) groups is 1. The first-order valence-electron chi connectivity index (χ1n) is 8.98. The number of sulfonamides is 1. The van der Waals surface area contributed by atoms with Gasteiger partial charge in [-0.25, -0.2) is 21.2 Å². The van der Waals surface area contributed by atoms with Gasteiger partial charge in [0.2, 0.25) is 0 Å². The molecule has 32 heavy (non-hydrogen) atoms. The first-order chi connectivity index (χ1) is 14.8. The molecule has 1 heterocycles. The summed E-state index contributed by atoms with van der Waals surface area (Å²) in [5, 5.41) is 0.483. The standard InChI is InChI=1S/C20H20FNO5S5/c1-12-15-11-14(21)6-8-17(15)29-20(12)32(26,27)22-16-7-5-13(9-18(16)31(4,24)25)10-19(28-2)30(3)23/h5-11,22H,1-4H3. The molecule has 12 heteroatoms. The third-order valence-corrected chi connectivity index (χ3v) is 11.3. The lowest BCUT2D eigenvalue weighted by Gasteiger charge is -2.13. The molecule has 6 nitrogen and oxygen atoms in total. The third-order valence-electron chi connectivity index (χ3n) is 4.52. The fraction of sp³-hybridized carbons (Fsp3) is 0.200. The highest BCUT2D eigenvalue weighted by atomic mass is 32.3. The quantitative estimate of drug-likeness (QED) is 0.446. The summed E-state index contributed by atoms with van der Waals surface area (Å²) < 4.78 is 79.9. The topological polar surface area (TPSA) is 103 Å². The number of hydrogen-bond acceptors (Lipinski definition) is 7. The molecule has 0 saturated carbocycles. The van der Waals surface area contributed by atoms with Gasteiger partial charge in [-0.05, 0) is 71.2 Å². The Balaban J connectivity index is 2.09. The minimum absolute atomic E-state index is 0.0208. The number of rotatable bonds is 7. The van der Waals surface area contributed by atoms with Gasteiger partial charge >= 0.3 is 0 Å². The van der Waals surface area contributed by atoms with E-state index in [4.69, 9.17) is 0 Å². The van der Waals surface area contributed by atoms with Gasteiger partial charge in [0.05, 0.1) is 10.6 Å². The van der Waals surface area contributed by atoms with E-state index in [1.54, 1.807) is 25.3 Å². The largest absolute Gasteiger partial charge is 0.611 e. The first kappa shape index (κ1) is 25.1. The lowest BCUT2D eigenvalue weighted by Crippen LogP contribution is -2.15. The number of fused-ring (bicyclic) bond motifs is 1. The third kappa shape index (κ3) is 5.32. The SMILES string of the molecule is CSC(=Cc1ccc(NS(=O)(=O)c2sc3ccc(F)cc3c2C)c(S(C)(=O)=O)c1)[S+](C)[O-]. The van der Waals surface area contributed by atoms with Gasteiger partial charge in [0.25, 0.3) is 10.0 Å². The maximum Gasteiger partial charge on any atom is 0.271 e. The van der Waals surface area contributed by atoms with Crippen LogP contribution in [-0.2, 0) is 31.0 Å². The van der Waals surface area contributed by atoms with Crippen LogP contribution in [0.5, 0.6) is 0 Å². The second-order valence-electron chi connectivity index (χ2n) is 6.91. The zero-order chi connectivity index (χ0) is 23.8. The number of nitrogens with one attached hydrogen (secondary N) is 1. The van der Waals surface area contributed by atoms with E-state index in [1.807, 2.05) is 0 Å². The van der Waals surface area contributed by atoms with Crippen molar-refractivity contribution in [3.8, 4) is 0 Å². The van der Waals surface area contributed by atoms with Crippen LogP contribution in [0.2, 0.25) is 0 Å². The maximum absolute atomic E-state index is 13.6. The first-order valence-corrected chi connectivity index (χ1v) is 16.0. The molecule has 3 rings (SSSR count). The van der Waals surface area contributed by atoms with Gasteiger partial charge in [0.1, 0.15) is 16.3 Å². The molecule has 0 radical (unpaired) electrons. The molecule has 172 valence electrons. The number of aryl methyl sites for hydroxylation is 1. The molecule has 0 aliphatic rings. The Hall–Kier alpha value is -1.57. The molecule has 0 fully saturated rings. The van der Waals surface area contributed by atoms with E-state index in [1.165, 1.54) is 48.3 Å². The highest BCUT2D eigenvalue weighted by Crippen LogP contribution is 2.36. The molecule has 2 aromatic carbocycles. The number of halogens is 1. The van der Waals surface area contributed by atoms with Crippen LogP contribution in [0.3, 0.4) is 0 Å². The molecule has 0 aliphatic heterocycles. The van der Waals surface area contributed by atoms with Crippen molar-refractivity contribution in [2.24, 2.45) is 0 Å². The molecule has 0 aliphatic carbocycles. The molecule has 0 amide bonds. The summed E-state index contributed by atoms with van der Waals surface area (Å²) in [6.45, 7) is 1.58. The van der Waals surface area contributed by atoms with E-state index in [0.29, 0.717) is 25.5 Å². The number of benzene rings is 2. The molecule has 0 saturated heterocycles. The van der Waals surface area contributed by atoms with Gasteiger partial charge in [-0.15, -0.1) is 11.3 Å². The van der Waals surface area contributed by atoms with Crippen LogP contribution in [0, 0.1) is 12.7 Å². The predicted molar refractivity (Wildman–Crippen MR) is 132 cm³/mol. The fourth-order valence-corrected chi connectivity index (χ4v) is 8.29. The van der Waals surface area contributed by atoms with Crippen LogP contribution >= 0.6 is 23.1 Å². The lowest BCUT2D eigenvalue weighted by molar-refractivity contribution is 0.601. The summed E-state index contributed by atoms with van der Waals surface area (Å²) in [7, 11) is -7.94. The summed E-state index contributed by atoms with van der Waals surface area (Å²) in [4.78, 5) is -0.207. The zero-order valence-electron chi connectivity index (χ0n) is 17.5. The monoisotopic (exact) mass is 533 g/mol. The van der Waals surface area contributed by atoms with Crippen LogP contribution in [-0.4, -0.2) is 40.2 Å². The molecule has 1 aromatic heterocycles. The van der Waals surface area contributed by atoms with E-state index < -0.39 is 36.9 Å². The Labute approximate surface area is 198 Å². The normalized spacial score (nSPS) is 14.0. The van der Waals surface area contributed by atoms with Crippen LogP contribution < -0.4 is 4.72 Å². The van der Waals surface area contributed by atoms with Crippen LogP contribution in [0.15, 0.2) is 49.7 Å². The van der Waals surface area contributed by atoms with Gasteiger partial charge in [0, 0.05) is 17.0 Å². The summed E-state index contributed by atoms with van der Waals surface area (Å²) in [6.07, 6.45) is 5.85. The summed E-state index contributed by atoms with van der Waals surface area (Å²) in [5.74, 6) is -0.476. The number of hydrogen-bond donors (Lipinski definition) is 1. The molecular weight excluding hydrogens is 514 g/mol. The smallest absolute Gasteiger partial charge is 0.271 e. The van der Waals surface area contributed by atoms with Crippen molar-refractivity contribution in [3.05, 3.63) is 57.6 Å². The minimum atomic E-state index is -4.14. The highest BCUT2D eigenvalue weighted by molar-refractivity contribution is 8.18. The van der Waals surface area contributed by atoms with Crippen LogP contribution in [0.4, 0.5) is 10.1 Å². The van der Waals surface area contributed by atoms with Crippen molar-refractivity contribution in [1.29, 1.82) is 0 Å².